The van der Waals surface area contributed by atoms with Crippen LogP contribution in [0.4, 0.5) is 0 Å². The minimum Gasteiger partial charge on any atom is -0.508 e. The van der Waals surface area contributed by atoms with Gasteiger partial charge in [0.05, 0.1) is 10.6 Å². The van der Waals surface area contributed by atoms with E-state index in [2.05, 4.69) is 4.98 Å². The highest BCUT2D eigenvalue weighted by molar-refractivity contribution is 7.22. The van der Waals surface area contributed by atoms with Crippen LogP contribution in [0.3, 0.4) is 0 Å². The number of aromatic hydroxyl groups is 1. The van der Waals surface area contributed by atoms with Gasteiger partial charge < -0.3 is 14.6 Å². The molecule has 3 rings (SSSR count). The van der Waals surface area contributed by atoms with Crippen LogP contribution in [0.15, 0.2) is 28.7 Å². The van der Waals surface area contributed by atoms with Crippen molar-refractivity contribution in [3.8, 4) is 16.5 Å². The number of thiophene rings is 1. The van der Waals surface area contributed by atoms with Crippen molar-refractivity contribution in [1.29, 1.82) is 0 Å². The molecule has 0 bridgehead atoms. The molecule has 0 saturated carbocycles. The second-order valence-corrected chi connectivity index (χ2v) is 5.41. The molecule has 0 saturated heterocycles. The van der Waals surface area contributed by atoms with Gasteiger partial charge in [-0.25, -0.2) is 4.98 Å². The Morgan fingerprint density at radius 1 is 1.32 bits per heavy atom. The molecule has 4 nitrogen and oxygen atoms in total. The molecule has 19 heavy (non-hydrogen) atoms. The molecule has 0 aliphatic heterocycles. The fraction of sp³-hybridized carbons (Fsp3) is 0.214. The zero-order valence-electron chi connectivity index (χ0n) is 10.4. The SMILES string of the molecule is Cc1oc(-c2cc3cc(O)ccc3s2)nc1CCO. The van der Waals surface area contributed by atoms with E-state index in [1.165, 1.54) is 0 Å². The Bertz CT molecular complexity index is 729. The quantitative estimate of drug-likeness (QED) is 0.770. The normalized spacial score (nSPS) is 11.3. The Kier molecular flexibility index (Phi) is 3.00. The Labute approximate surface area is 114 Å². The number of aliphatic hydroxyl groups is 1. The van der Waals surface area contributed by atoms with Crippen molar-refractivity contribution >= 4 is 21.4 Å². The highest BCUT2D eigenvalue weighted by Crippen LogP contribution is 2.35. The van der Waals surface area contributed by atoms with Gasteiger partial charge in [-0.2, -0.15) is 0 Å². The lowest BCUT2D eigenvalue weighted by molar-refractivity contribution is 0.297. The van der Waals surface area contributed by atoms with Gasteiger partial charge in [-0.1, -0.05) is 0 Å². The summed E-state index contributed by atoms with van der Waals surface area (Å²) in [6, 6.07) is 7.22. The molecule has 5 heteroatoms. The molecule has 0 amide bonds. The summed E-state index contributed by atoms with van der Waals surface area (Å²) < 4.78 is 6.71. The van der Waals surface area contributed by atoms with E-state index in [0.29, 0.717) is 12.3 Å². The number of hydrogen-bond donors (Lipinski definition) is 2. The molecule has 0 aliphatic carbocycles. The largest absolute Gasteiger partial charge is 0.508 e. The Morgan fingerprint density at radius 2 is 2.16 bits per heavy atom. The van der Waals surface area contributed by atoms with E-state index in [1.807, 2.05) is 19.1 Å². The zero-order chi connectivity index (χ0) is 13.4. The highest BCUT2D eigenvalue weighted by atomic mass is 32.1. The third-order valence-electron chi connectivity index (χ3n) is 2.95. The number of nitrogens with zero attached hydrogens (tertiary/aromatic N) is 1. The number of hydrogen-bond acceptors (Lipinski definition) is 5. The van der Waals surface area contributed by atoms with Crippen molar-refractivity contribution in [3.63, 3.8) is 0 Å². The summed E-state index contributed by atoms with van der Waals surface area (Å²) in [6.07, 6.45) is 0.501. The summed E-state index contributed by atoms with van der Waals surface area (Å²) in [5.74, 6) is 1.56. The van der Waals surface area contributed by atoms with Gasteiger partial charge in [0.25, 0.3) is 0 Å². The third kappa shape index (κ3) is 2.22. The standard InChI is InChI=1S/C14H13NO3S/c1-8-11(4-5-16)15-14(18-8)13-7-9-6-10(17)2-3-12(9)19-13/h2-3,6-7,16-17H,4-5H2,1H3. The molecule has 2 heterocycles. The first-order valence-corrected chi connectivity index (χ1v) is 6.79. The molecular formula is C14H13NO3S. The van der Waals surface area contributed by atoms with Crippen molar-refractivity contribution in [2.24, 2.45) is 0 Å². The van der Waals surface area contributed by atoms with Crippen LogP contribution in [-0.2, 0) is 6.42 Å². The molecule has 0 radical (unpaired) electrons. The van der Waals surface area contributed by atoms with E-state index < -0.39 is 0 Å². The molecule has 2 aromatic heterocycles. The van der Waals surface area contributed by atoms with Crippen LogP contribution in [0.1, 0.15) is 11.5 Å². The molecule has 0 spiro atoms. The molecule has 0 fully saturated rings. The highest BCUT2D eigenvalue weighted by Gasteiger charge is 2.13. The smallest absolute Gasteiger partial charge is 0.236 e. The zero-order valence-corrected chi connectivity index (χ0v) is 11.2. The predicted molar refractivity (Wildman–Crippen MR) is 74.5 cm³/mol. The number of aliphatic hydroxyl groups excluding tert-OH is 1. The van der Waals surface area contributed by atoms with E-state index in [1.54, 1.807) is 23.5 Å². The second-order valence-electron chi connectivity index (χ2n) is 4.33. The first-order chi connectivity index (χ1) is 9.17. The van der Waals surface area contributed by atoms with E-state index in [-0.39, 0.29) is 12.4 Å². The van der Waals surface area contributed by atoms with Crippen LogP contribution in [0.2, 0.25) is 0 Å². The van der Waals surface area contributed by atoms with Crippen LogP contribution in [0.5, 0.6) is 5.75 Å². The average Bonchev–Trinajstić information content (AvgIpc) is 2.94. The number of oxazole rings is 1. The Balaban J connectivity index is 2.06. The van der Waals surface area contributed by atoms with Crippen molar-refractivity contribution in [2.45, 2.75) is 13.3 Å². The first kappa shape index (κ1) is 12.2. The predicted octanol–water partition coefficient (Wildman–Crippen LogP) is 3.11. The van der Waals surface area contributed by atoms with Crippen molar-refractivity contribution in [2.75, 3.05) is 6.61 Å². The molecule has 98 valence electrons. The Morgan fingerprint density at radius 3 is 2.95 bits per heavy atom. The number of aryl methyl sites for hydroxylation is 1. The molecule has 2 N–H and O–H groups in total. The Hall–Kier alpha value is -1.85. The second kappa shape index (κ2) is 4.68. The summed E-state index contributed by atoms with van der Waals surface area (Å²) in [6.45, 7) is 1.91. The minimum atomic E-state index is 0.0626. The van der Waals surface area contributed by atoms with Crippen LogP contribution < -0.4 is 0 Å². The van der Waals surface area contributed by atoms with Crippen molar-refractivity contribution in [1.82, 2.24) is 4.98 Å². The number of rotatable bonds is 3. The topological polar surface area (TPSA) is 66.5 Å². The van der Waals surface area contributed by atoms with E-state index in [9.17, 15) is 5.11 Å². The summed E-state index contributed by atoms with van der Waals surface area (Å²) >= 11 is 1.57. The van der Waals surface area contributed by atoms with Crippen LogP contribution in [0.25, 0.3) is 20.9 Å². The van der Waals surface area contributed by atoms with Crippen LogP contribution in [0, 0.1) is 6.92 Å². The lowest BCUT2D eigenvalue weighted by atomic mass is 10.2. The summed E-state index contributed by atoms with van der Waals surface area (Å²) in [5, 5.41) is 19.4. The van der Waals surface area contributed by atoms with Gasteiger partial charge in [0.15, 0.2) is 0 Å². The van der Waals surface area contributed by atoms with Crippen molar-refractivity contribution in [3.05, 3.63) is 35.7 Å². The van der Waals surface area contributed by atoms with E-state index >= 15 is 0 Å². The number of benzene rings is 1. The molecule has 0 atom stereocenters. The molecule has 0 aliphatic rings. The summed E-state index contributed by atoms with van der Waals surface area (Å²) in [5.41, 5.74) is 0.790. The van der Waals surface area contributed by atoms with Gasteiger partial charge in [-0.05, 0) is 36.6 Å². The fourth-order valence-corrected chi connectivity index (χ4v) is 2.98. The van der Waals surface area contributed by atoms with Crippen molar-refractivity contribution < 1.29 is 14.6 Å². The first-order valence-electron chi connectivity index (χ1n) is 5.97. The van der Waals surface area contributed by atoms with Gasteiger partial charge in [0, 0.05) is 17.7 Å². The summed E-state index contributed by atoms with van der Waals surface area (Å²) in [4.78, 5) is 5.33. The number of aromatic nitrogens is 1. The maximum Gasteiger partial charge on any atom is 0.236 e. The maximum absolute atomic E-state index is 9.47. The minimum absolute atomic E-state index is 0.0626. The number of phenolic OH excluding ortho intramolecular Hbond substituents is 1. The van der Waals surface area contributed by atoms with Gasteiger partial charge in [0.2, 0.25) is 5.89 Å². The van der Waals surface area contributed by atoms with Crippen LogP contribution >= 0.6 is 11.3 Å². The average molecular weight is 275 g/mol. The van der Waals surface area contributed by atoms with Gasteiger partial charge in [-0.15, -0.1) is 11.3 Å². The van der Waals surface area contributed by atoms with Crippen LogP contribution in [-0.4, -0.2) is 21.8 Å². The molecule has 3 aromatic rings. The third-order valence-corrected chi connectivity index (χ3v) is 4.06. The van der Waals surface area contributed by atoms with E-state index in [0.717, 1.165) is 26.4 Å². The van der Waals surface area contributed by atoms with Gasteiger partial charge in [0.1, 0.15) is 11.5 Å². The lowest BCUT2D eigenvalue weighted by Crippen LogP contribution is -1.92. The maximum atomic E-state index is 9.47. The fourth-order valence-electron chi connectivity index (χ4n) is 2.01. The van der Waals surface area contributed by atoms with Gasteiger partial charge in [-0.3, -0.25) is 0 Å². The molecule has 1 aromatic carbocycles. The van der Waals surface area contributed by atoms with Gasteiger partial charge >= 0.3 is 0 Å². The molecular weight excluding hydrogens is 262 g/mol. The number of fused-ring (bicyclic) bond motifs is 1. The molecule has 0 unspecified atom stereocenters. The summed E-state index contributed by atoms with van der Waals surface area (Å²) in [7, 11) is 0. The monoisotopic (exact) mass is 275 g/mol. The lowest BCUT2D eigenvalue weighted by Gasteiger charge is -1.89. The number of phenols is 1. The van der Waals surface area contributed by atoms with E-state index in [4.69, 9.17) is 9.52 Å².